The lowest BCUT2D eigenvalue weighted by Gasteiger charge is -2.08. The van der Waals surface area contributed by atoms with Gasteiger partial charge in [0.15, 0.2) is 0 Å². The molecule has 0 unspecified atom stereocenters. The highest BCUT2D eigenvalue weighted by Crippen LogP contribution is 2.35. The fraction of sp³-hybridized carbons (Fsp3) is 0.333. The number of rotatable bonds is 6. The first-order valence-electron chi connectivity index (χ1n) is 6.65. The molecule has 1 aromatic rings. The van der Waals surface area contributed by atoms with E-state index in [9.17, 15) is 4.79 Å². The van der Waals surface area contributed by atoms with E-state index in [2.05, 4.69) is 19.0 Å². The highest BCUT2D eigenvalue weighted by molar-refractivity contribution is 8.22. The van der Waals surface area contributed by atoms with Crippen molar-refractivity contribution < 1.29 is 14.4 Å². The van der Waals surface area contributed by atoms with Crippen LogP contribution in [0, 0.1) is 0 Å². The fourth-order valence-corrected chi connectivity index (χ4v) is 4.06. The van der Waals surface area contributed by atoms with Crippen molar-refractivity contribution in [2.45, 2.75) is 13.8 Å². The van der Waals surface area contributed by atoms with E-state index < -0.39 is 0 Å². The summed E-state index contributed by atoms with van der Waals surface area (Å²) in [4.78, 5) is 16.9. The minimum atomic E-state index is -0.377. The van der Waals surface area contributed by atoms with Crippen molar-refractivity contribution in [3.05, 3.63) is 39.6 Å². The number of methoxy groups -OCH3 is 1. The van der Waals surface area contributed by atoms with Gasteiger partial charge in [-0.1, -0.05) is 19.0 Å². The van der Waals surface area contributed by atoms with E-state index in [0.717, 1.165) is 27.1 Å². The predicted octanol–water partition coefficient (Wildman–Crippen LogP) is 3.67. The SMILES string of the molecule is CCSC(SCC)=C1C(=O)ON=C1c1ccc(OC)cc1. The van der Waals surface area contributed by atoms with Crippen LogP contribution in [0.2, 0.25) is 0 Å². The topological polar surface area (TPSA) is 47.9 Å². The molecule has 2 rings (SSSR count). The molecule has 4 nitrogen and oxygen atoms in total. The number of hydrogen-bond acceptors (Lipinski definition) is 6. The van der Waals surface area contributed by atoms with Crippen molar-refractivity contribution in [2.75, 3.05) is 18.6 Å². The molecule has 0 saturated heterocycles. The van der Waals surface area contributed by atoms with Gasteiger partial charge in [0, 0.05) is 5.56 Å². The molecule has 0 N–H and O–H groups in total. The maximum atomic E-state index is 12.0. The third-order valence-corrected chi connectivity index (χ3v) is 5.00. The van der Waals surface area contributed by atoms with Crippen molar-refractivity contribution >= 4 is 35.2 Å². The van der Waals surface area contributed by atoms with Crippen LogP contribution in [0.4, 0.5) is 0 Å². The number of thioether (sulfide) groups is 2. The lowest BCUT2D eigenvalue weighted by atomic mass is 10.0. The minimum absolute atomic E-state index is 0.377. The molecule has 0 saturated carbocycles. The average Bonchev–Trinajstić information content (AvgIpc) is 2.89. The van der Waals surface area contributed by atoms with Gasteiger partial charge in [-0.15, -0.1) is 23.5 Å². The molecule has 0 radical (unpaired) electrons. The van der Waals surface area contributed by atoms with E-state index in [4.69, 9.17) is 9.57 Å². The molecule has 0 fully saturated rings. The van der Waals surface area contributed by atoms with E-state index in [1.807, 2.05) is 24.3 Å². The first-order valence-corrected chi connectivity index (χ1v) is 8.62. The third kappa shape index (κ3) is 3.63. The minimum Gasteiger partial charge on any atom is -0.497 e. The second-order valence-electron chi connectivity index (χ2n) is 4.08. The molecule has 1 aliphatic rings. The molecule has 112 valence electrons. The van der Waals surface area contributed by atoms with Gasteiger partial charge in [-0.25, -0.2) is 4.79 Å². The zero-order chi connectivity index (χ0) is 15.2. The molecule has 1 aromatic carbocycles. The summed E-state index contributed by atoms with van der Waals surface area (Å²) in [6.45, 7) is 4.12. The van der Waals surface area contributed by atoms with Crippen molar-refractivity contribution in [1.82, 2.24) is 0 Å². The van der Waals surface area contributed by atoms with E-state index >= 15 is 0 Å². The standard InChI is InChI=1S/C15H17NO3S2/c1-4-20-15(21-5-2)12-13(16-19-14(12)17)10-6-8-11(18-3)9-7-10/h6-9H,4-5H2,1-3H3. The van der Waals surface area contributed by atoms with Gasteiger partial charge in [0.2, 0.25) is 0 Å². The normalized spacial score (nSPS) is 14.0. The van der Waals surface area contributed by atoms with Crippen molar-refractivity contribution in [2.24, 2.45) is 5.16 Å². The highest BCUT2D eigenvalue weighted by Gasteiger charge is 2.30. The largest absolute Gasteiger partial charge is 0.497 e. The summed E-state index contributed by atoms with van der Waals surface area (Å²) >= 11 is 3.29. The van der Waals surface area contributed by atoms with Crippen LogP contribution >= 0.6 is 23.5 Å². The number of hydrogen-bond donors (Lipinski definition) is 0. The van der Waals surface area contributed by atoms with Crippen LogP contribution in [0.25, 0.3) is 0 Å². The second-order valence-corrected chi connectivity index (χ2v) is 6.88. The van der Waals surface area contributed by atoms with E-state index in [1.54, 1.807) is 30.6 Å². The Balaban J connectivity index is 2.40. The second kappa shape index (κ2) is 7.56. The van der Waals surface area contributed by atoms with Gasteiger partial charge in [-0.05, 0) is 35.8 Å². The molecule has 1 heterocycles. The van der Waals surface area contributed by atoms with Crippen LogP contribution in [-0.4, -0.2) is 30.3 Å². The number of ether oxygens (including phenoxy) is 1. The summed E-state index contributed by atoms with van der Waals surface area (Å²) in [6, 6.07) is 7.45. The molecule has 1 aliphatic heterocycles. The molecule has 21 heavy (non-hydrogen) atoms. The Morgan fingerprint density at radius 2 is 1.81 bits per heavy atom. The van der Waals surface area contributed by atoms with Gasteiger partial charge in [-0.2, -0.15) is 0 Å². The van der Waals surface area contributed by atoms with Gasteiger partial charge < -0.3 is 9.57 Å². The van der Waals surface area contributed by atoms with Crippen LogP contribution in [0.15, 0.2) is 39.2 Å². The Hall–Kier alpha value is -1.40. The van der Waals surface area contributed by atoms with E-state index in [1.165, 1.54) is 0 Å². The number of benzene rings is 1. The van der Waals surface area contributed by atoms with Crippen molar-refractivity contribution in [3.63, 3.8) is 0 Å². The maximum absolute atomic E-state index is 12.0. The Morgan fingerprint density at radius 1 is 1.19 bits per heavy atom. The van der Waals surface area contributed by atoms with Crippen molar-refractivity contribution in [1.29, 1.82) is 0 Å². The van der Waals surface area contributed by atoms with E-state index in [-0.39, 0.29) is 5.97 Å². The molecule has 6 heteroatoms. The fourth-order valence-electron chi connectivity index (χ4n) is 1.85. The van der Waals surface area contributed by atoms with Crippen LogP contribution in [0.5, 0.6) is 5.75 Å². The maximum Gasteiger partial charge on any atom is 0.369 e. The summed E-state index contributed by atoms with van der Waals surface area (Å²) in [6.07, 6.45) is 0. The predicted molar refractivity (Wildman–Crippen MR) is 88.9 cm³/mol. The first kappa shape index (κ1) is 16.0. The Kier molecular flexibility index (Phi) is 5.76. The van der Waals surface area contributed by atoms with E-state index in [0.29, 0.717) is 11.3 Å². The molecule has 0 spiro atoms. The van der Waals surface area contributed by atoms with Gasteiger partial charge >= 0.3 is 5.97 Å². The van der Waals surface area contributed by atoms with Gasteiger partial charge in [0.25, 0.3) is 0 Å². The first-order chi connectivity index (χ1) is 10.2. The summed E-state index contributed by atoms with van der Waals surface area (Å²) in [5, 5.41) is 3.95. The van der Waals surface area contributed by atoms with Gasteiger partial charge in [0.05, 0.1) is 11.3 Å². The lowest BCUT2D eigenvalue weighted by molar-refractivity contribution is -0.136. The molecule has 0 bridgehead atoms. The molecule has 0 amide bonds. The summed E-state index contributed by atoms with van der Waals surface area (Å²) in [5.74, 6) is 2.18. The van der Waals surface area contributed by atoms with Crippen LogP contribution in [0.1, 0.15) is 19.4 Å². The third-order valence-electron chi connectivity index (χ3n) is 2.78. The molecule has 0 aromatic heterocycles. The number of carbonyl (C=O) groups excluding carboxylic acids is 1. The Bertz CT molecular complexity index is 571. The van der Waals surface area contributed by atoms with Gasteiger partial charge in [0.1, 0.15) is 17.0 Å². The molecular weight excluding hydrogens is 306 g/mol. The molecule has 0 aliphatic carbocycles. The monoisotopic (exact) mass is 323 g/mol. The molecule has 0 atom stereocenters. The van der Waals surface area contributed by atoms with Crippen LogP contribution in [0.3, 0.4) is 0 Å². The van der Waals surface area contributed by atoms with Crippen LogP contribution < -0.4 is 4.74 Å². The van der Waals surface area contributed by atoms with Crippen molar-refractivity contribution in [3.8, 4) is 5.75 Å². The summed E-state index contributed by atoms with van der Waals surface area (Å²) in [7, 11) is 1.62. The summed E-state index contributed by atoms with van der Waals surface area (Å²) in [5.41, 5.74) is 2.01. The van der Waals surface area contributed by atoms with Gasteiger partial charge in [-0.3, -0.25) is 0 Å². The quantitative estimate of drug-likeness (QED) is 0.590. The number of nitrogens with zero attached hydrogens (tertiary/aromatic N) is 1. The lowest BCUT2D eigenvalue weighted by Crippen LogP contribution is -2.09. The zero-order valence-corrected chi connectivity index (χ0v) is 13.8. The smallest absolute Gasteiger partial charge is 0.369 e. The summed E-state index contributed by atoms with van der Waals surface area (Å²) < 4.78 is 6.12. The zero-order valence-electron chi connectivity index (χ0n) is 12.2. The number of oxime groups is 1. The highest BCUT2D eigenvalue weighted by atomic mass is 32.2. The van der Waals surface area contributed by atoms with Crippen LogP contribution in [-0.2, 0) is 9.63 Å². The average molecular weight is 323 g/mol. The molecular formula is C15H17NO3S2. The Labute approximate surface area is 133 Å². The Morgan fingerprint density at radius 3 is 2.33 bits per heavy atom. The number of carbonyl (C=O) groups is 1.